The number of aliphatic hydroxyl groups is 1. The smallest absolute Gasteiger partial charge is 0.295 e. The molecule has 2 aromatic rings. The highest BCUT2D eigenvalue weighted by Crippen LogP contribution is 2.40. The number of morpholine rings is 2. The van der Waals surface area contributed by atoms with E-state index in [1.165, 1.54) is 33.5 Å². The van der Waals surface area contributed by atoms with Crippen LogP contribution < -0.4 is 4.74 Å². The van der Waals surface area contributed by atoms with Crippen LogP contribution in [0.1, 0.15) is 30.5 Å². The van der Waals surface area contributed by atoms with E-state index in [4.69, 9.17) is 14.2 Å². The van der Waals surface area contributed by atoms with Crippen molar-refractivity contribution in [3.8, 4) is 5.75 Å². The van der Waals surface area contributed by atoms with Crippen molar-refractivity contribution in [3.63, 3.8) is 0 Å². The molecule has 11 nitrogen and oxygen atoms in total. The summed E-state index contributed by atoms with van der Waals surface area (Å²) in [6.07, 6.45) is 0.648. The Kier molecular flexibility index (Phi) is 9.59. The third-order valence-electron chi connectivity index (χ3n) is 7.76. The highest BCUT2D eigenvalue weighted by molar-refractivity contribution is 7.89. The van der Waals surface area contributed by atoms with Gasteiger partial charge in [0.25, 0.3) is 11.7 Å². The monoisotopic (exact) mass is 599 g/mol. The number of benzene rings is 2. The first kappa shape index (κ1) is 30.2. The largest absolute Gasteiger partial charge is 0.507 e. The van der Waals surface area contributed by atoms with Gasteiger partial charge in [-0.05, 0) is 55.3 Å². The standard InChI is InChI=1S/C30H37N3O8S/c1-2-41-24-8-4-22(5-9-24)27-26(29(35)30(36)33(27)13-3-12-31-14-18-39-19-15-31)28(34)23-6-10-25(11-7-23)42(37,38)32-16-20-40-21-17-32/h4-11,27,34H,2-3,12-21H2,1H3/t27-/m0/s1. The van der Waals surface area contributed by atoms with E-state index in [2.05, 4.69) is 4.90 Å². The fourth-order valence-corrected chi connectivity index (χ4v) is 6.94. The molecular weight excluding hydrogens is 562 g/mol. The first-order valence-corrected chi connectivity index (χ1v) is 15.7. The molecule has 0 saturated carbocycles. The highest BCUT2D eigenvalue weighted by atomic mass is 32.2. The number of aliphatic hydroxyl groups excluding tert-OH is 1. The Morgan fingerprint density at radius 3 is 2.14 bits per heavy atom. The van der Waals surface area contributed by atoms with Crippen LogP contribution in [-0.2, 0) is 29.1 Å². The molecule has 0 unspecified atom stereocenters. The van der Waals surface area contributed by atoms with Gasteiger partial charge < -0.3 is 24.2 Å². The number of ketones is 1. The van der Waals surface area contributed by atoms with Crippen LogP contribution in [0.4, 0.5) is 0 Å². The van der Waals surface area contributed by atoms with Crippen molar-refractivity contribution in [2.75, 3.05) is 72.3 Å². The number of carbonyl (C=O) groups excluding carboxylic acids is 2. The van der Waals surface area contributed by atoms with Crippen molar-refractivity contribution < 1.29 is 37.3 Å². The van der Waals surface area contributed by atoms with Crippen molar-refractivity contribution in [3.05, 3.63) is 65.2 Å². The van der Waals surface area contributed by atoms with Gasteiger partial charge in [0.15, 0.2) is 0 Å². The molecular formula is C30H37N3O8S. The molecule has 3 aliphatic heterocycles. The molecule has 226 valence electrons. The van der Waals surface area contributed by atoms with E-state index in [9.17, 15) is 23.1 Å². The summed E-state index contributed by atoms with van der Waals surface area (Å²) in [6, 6.07) is 12.1. The van der Waals surface area contributed by atoms with Crippen LogP contribution in [0.5, 0.6) is 5.75 Å². The van der Waals surface area contributed by atoms with Crippen molar-refractivity contribution in [2.24, 2.45) is 0 Å². The minimum Gasteiger partial charge on any atom is -0.507 e. The van der Waals surface area contributed by atoms with E-state index in [0.717, 1.165) is 19.6 Å². The minimum absolute atomic E-state index is 0.0284. The molecule has 0 bridgehead atoms. The SMILES string of the molecule is CCOc1ccc([C@H]2C(=C(O)c3ccc(S(=O)(=O)N4CCOCC4)cc3)C(=O)C(=O)N2CCCN2CCOCC2)cc1. The number of Topliss-reactive ketones (excluding diaryl/α,β-unsaturated/α-hetero) is 1. The number of amides is 1. The minimum atomic E-state index is -3.73. The highest BCUT2D eigenvalue weighted by Gasteiger charge is 2.46. The molecule has 0 aromatic heterocycles. The van der Waals surface area contributed by atoms with Crippen molar-refractivity contribution >= 4 is 27.5 Å². The normalized spacial score (nSPS) is 22.0. The Hall–Kier alpha value is -3.29. The summed E-state index contributed by atoms with van der Waals surface area (Å²) >= 11 is 0. The quantitative estimate of drug-likeness (QED) is 0.249. The fraction of sp³-hybridized carbons (Fsp3) is 0.467. The molecule has 2 aromatic carbocycles. The first-order chi connectivity index (χ1) is 20.3. The number of ether oxygens (including phenoxy) is 3. The van der Waals surface area contributed by atoms with Gasteiger partial charge >= 0.3 is 0 Å². The Bertz CT molecular complexity index is 1400. The van der Waals surface area contributed by atoms with E-state index >= 15 is 0 Å². The molecule has 42 heavy (non-hydrogen) atoms. The molecule has 3 aliphatic rings. The molecule has 3 heterocycles. The lowest BCUT2D eigenvalue weighted by Gasteiger charge is -2.29. The van der Waals surface area contributed by atoms with Crippen molar-refractivity contribution in [1.82, 2.24) is 14.1 Å². The maximum Gasteiger partial charge on any atom is 0.295 e. The zero-order chi connectivity index (χ0) is 29.7. The van der Waals surface area contributed by atoms with Crippen LogP contribution in [0.25, 0.3) is 5.76 Å². The van der Waals surface area contributed by atoms with Crippen LogP contribution in [-0.4, -0.2) is 112 Å². The molecule has 5 rings (SSSR count). The second-order valence-corrected chi connectivity index (χ2v) is 12.3. The van der Waals surface area contributed by atoms with Gasteiger partial charge in [0.1, 0.15) is 11.5 Å². The van der Waals surface area contributed by atoms with Crippen molar-refractivity contribution in [1.29, 1.82) is 0 Å². The van der Waals surface area contributed by atoms with Gasteiger partial charge in [-0.1, -0.05) is 12.1 Å². The Labute approximate surface area is 246 Å². The predicted octanol–water partition coefficient (Wildman–Crippen LogP) is 2.25. The van der Waals surface area contributed by atoms with Gasteiger partial charge in [-0.15, -0.1) is 0 Å². The zero-order valence-corrected chi connectivity index (χ0v) is 24.6. The lowest BCUT2D eigenvalue weighted by molar-refractivity contribution is -0.140. The van der Waals surface area contributed by atoms with Crippen LogP contribution in [0, 0.1) is 0 Å². The van der Waals surface area contributed by atoms with Gasteiger partial charge in [0, 0.05) is 44.8 Å². The van der Waals surface area contributed by atoms with Crippen LogP contribution in [0.15, 0.2) is 59.0 Å². The second-order valence-electron chi connectivity index (χ2n) is 10.3. The average Bonchev–Trinajstić information content (AvgIpc) is 3.27. The van der Waals surface area contributed by atoms with E-state index in [1.54, 1.807) is 24.3 Å². The molecule has 1 amide bonds. The predicted molar refractivity (Wildman–Crippen MR) is 155 cm³/mol. The molecule has 3 fully saturated rings. The van der Waals surface area contributed by atoms with Crippen LogP contribution in [0.2, 0.25) is 0 Å². The maximum atomic E-state index is 13.4. The Morgan fingerprint density at radius 2 is 1.52 bits per heavy atom. The summed E-state index contributed by atoms with van der Waals surface area (Å²) in [7, 11) is -3.73. The number of likely N-dealkylation sites (tertiary alicyclic amines) is 1. The summed E-state index contributed by atoms with van der Waals surface area (Å²) in [6.45, 7) is 7.62. The topological polar surface area (TPSA) is 126 Å². The summed E-state index contributed by atoms with van der Waals surface area (Å²) < 4.78 is 43.7. The maximum absolute atomic E-state index is 13.4. The van der Waals surface area contributed by atoms with E-state index < -0.39 is 27.8 Å². The lowest BCUT2D eigenvalue weighted by atomic mass is 9.95. The summed E-state index contributed by atoms with van der Waals surface area (Å²) in [4.78, 5) is 30.6. The molecule has 3 saturated heterocycles. The van der Waals surface area contributed by atoms with Crippen molar-refractivity contribution in [2.45, 2.75) is 24.3 Å². The molecule has 0 radical (unpaired) electrons. The van der Waals surface area contributed by atoms with Crippen LogP contribution >= 0.6 is 0 Å². The van der Waals surface area contributed by atoms with Gasteiger partial charge in [-0.2, -0.15) is 4.31 Å². The average molecular weight is 600 g/mol. The van der Waals surface area contributed by atoms with Gasteiger partial charge in [0.2, 0.25) is 10.0 Å². The summed E-state index contributed by atoms with van der Waals surface area (Å²) in [5.74, 6) is -1.15. The van der Waals surface area contributed by atoms with E-state index in [1.807, 2.05) is 6.92 Å². The third kappa shape index (κ3) is 6.37. The van der Waals surface area contributed by atoms with Crippen LogP contribution in [0.3, 0.4) is 0 Å². The molecule has 1 atom stereocenters. The first-order valence-electron chi connectivity index (χ1n) is 14.3. The molecule has 0 aliphatic carbocycles. The second kappa shape index (κ2) is 13.3. The number of rotatable bonds is 10. The summed E-state index contributed by atoms with van der Waals surface area (Å²) in [5.41, 5.74) is 0.884. The lowest BCUT2D eigenvalue weighted by Crippen LogP contribution is -2.40. The number of hydrogen-bond acceptors (Lipinski definition) is 9. The number of nitrogens with zero attached hydrogens (tertiary/aromatic N) is 3. The fourth-order valence-electron chi connectivity index (χ4n) is 5.54. The van der Waals surface area contributed by atoms with Gasteiger partial charge in [0.05, 0.1) is 49.5 Å². The zero-order valence-electron chi connectivity index (χ0n) is 23.7. The molecule has 12 heteroatoms. The number of carbonyl (C=O) groups is 2. The van der Waals surface area contributed by atoms with E-state index in [-0.39, 0.29) is 34.9 Å². The molecule has 1 N–H and O–H groups in total. The number of sulfonamides is 1. The third-order valence-corrected chi connectivity index (χ3v) is 9.67. The number of hydrogen-bond donors (Lipinski definition) is 1. The Balaban J connectivity index is 1.45. The summed E-state index contributed by atoms with van der Waals surface area (Å²) in [5, 5.41) is 11.4. The van der Waals surface area contributed by atoms with Gasteiger partial charge in [-0.3, -0.25) is 14.5 Å². The van der Waals surface area contributed by atoms with Gasteiger partial charge in [-0.25, -0.2) is 8.42 Å². The van der Waals surface area contributed by atoms with E-state index in [0.29, 0.717) is 57.3 Å². The molecule has 0 spiro atoms. The Morgan fingerprint density at radius 1 is 0.905 bits per heavy atom.